The molecule has 34 heavy (non-hydrogen) atoms. The second-order valence-corrected chi connectivity index (χ2v) is 9.44. The van der Waals surface area contributed by atoms with Crippen LogP contribution in [0.2, 0.25) is 5.02 Å². The molecule has 0 aliphatic carbocycles. The number of carbonyl (C=O) groups is 1. The number of amides is 1. The Bertz CT molecular complexity index is 1130. The molecule has 1 aromatic heterocycles. The van der Waals surface area contributed by atoms with Crippen molar-refractivity contribution in [3.8, 4) is 17.1 Å². The molecule has 2 aromatic carbocycles. The Kier molecular flexibility index (Phi) is 7.85. The number of rotatable bonds is 8. The third-order valence-electron chi connectivity index (χ3n) is 6.19. The molecule has 2 heterocycles. The SMILES string of the molecule is Cc1ccc(OCC(C)NC(=O)C2CCCN(Cc3nc(-c4ccccc4Cl)no3)C2)cc1C. The zero-order valence-corrected chi connectivity index (χ0v) is 20.6. The molecule has 1 fully saturated rings. The number of benzene rings is 2. The first-order valence-corrected chi connectivity index (χ1v) is 12.1. The molecule has 4 rings (SSSR count). The number of halogens is 1. The lowest BCUT2D eigenvalue weighted by molar-refractivity contribution is -0.127. The molecule has 180 valence electrons. The molecular weight excluding hydrogens is 452 g/mol. The first-order valence-electron chi connectivity index (χ1n) is 11.7. The lowest BCUT2D eigenvalue weighted by Gasteiger charge is -2.31. The van der Waals surface area contributed by atoms with E-state index in [2.05, 4.69) is 34.2 Å². The van der Waals surface area contributed by atoms with Gasteiger partial charge in [-0.05, 0) is 75.5 Å². The van der Waals surface area contributed by atoms with Crippen LogP contribution in [-0.2, 0) is 11.3 Å². The number of hydrogen-bond donors (Lipinski definition) is 1. The van der Waals surface area contributed by atoms with Crippen molar-refractivity contribution in [2.75, 3.05) is 19.7 Å². The van der Waals surface area contributed by atoms with E-state index in [1.807, 2.05) is 43.3 Å². The molecule has 0 bridgehead atoms. The molecule has 0 spiro atoms. The fourth-order valence-corrected chi connectivity index (χ4v) is 4.32. The maximum absolute atomic E-state index is 12.9. The minimum Gasteiger partial charge on any atom is -0.491 e. The van der Waals surface area contributed by atoms with Crippen molar-refractivity contribution < 1.29 is 14.1 Å². The van der Waals surface area contributed by atoms with E-state index >= 15 is 0 Å². The van der Waals surface area contributed by atoms with E-state index in [0.717, 1.165) is 30.7 Å². The summed E-state index contributed by atoms with van der Waals surface area (Å²) in [4.78, 5) is 19.6. The second-order valence-electron chi connectivity index (χ2n) is 9.03. The maximum Gasteiger partial charge on any atom is 0.241 e. The Morgan fingerprint density at radius 2 is 2.09 bits per heavy atom. The molecule has 0 radical (unpaired) electrons. The summed E-state index contributed by atoms with van der Waals surface area (Å²) < 4.78 is 11.3. The Morgan fingerprint density at radius 3 is 2.88 bits per heavy atom. The second kappa shape index (κ2) is 11.0. The maximum atomic E-state index is 12.9. The number of nitrogens with zero attached hydrogens (tertiary/aromatic N) is 3. The monoisotopic (exact) mass is 482 g/mol. The van der Waals surface area contributed by atoms with E-state index in [1.165, 1.54) is 11.1 Å². The molecular formula is C26H31ClN4O3. The van der Waals surface area contributed by atoms with Gasteiger partial charge in [-0.2, -0.15) is 4.98 Å². The third-order valence-corrected chi connectivity index (χ3v) is 6.51. The number of nitrogens with one attached hydrogen (secondary N) is 1. The first kappa shape index (κ1) is 24.2. The van der Waals surface area contributed by atoms with Crippen LogP contribution in [0.4, 0.5) is 0 Å². The van der Waals surface area contributed by atoms with Gasteiger partial charge < -0.3 is 14.6 Å². The average Bonchev–Trinajstić information content (AvgIpc) is 3.28. The molecule has 8 heteroatoms. The minimum absolute atomic E-state index is 0.0585. The first-order chi connectivity index (χ1) is 16.4. The van der Waals surface area contributed by atoms with Crippen LogP contribution < -0.4 is 10.1 Å². The Hall–Kier alpha value is -2.90. The summed E-state index contributed by atoms with van der Waals surface area (Å²) in [6.07, 6.45) is 1.80. The van der Waals surface area contributed by atoms with E-state index in [4.69, 9.17) is 20.9 Å². The van der Waals surface area contributed by atoms with Gasteiger partial charge in [0.05, 0.1) is 23.5 Å². The predicted octanol–water partition coefficient (Wildman–Crippen LogP) is 4.80. The number of piperidine rings is 1. The van der Waals surface area contributed by atoms with Crippen LogP contribution in [0.25, 0.3) is 11.4 Å². The van der Waals surface area contributed by atoms with Gasteiger partial charge in [0, 0.05) is 12.1 Å². The molecule has 1 amide bonds. The summed E-state index contributed by atoms with van der Waals surface area (Å²) in [7, 11) is 0. The molecule has 1 aliphatic heterocycles. The summed E-state index contributed by atoms with van der Waals surface area (Å²) in [6.45, 7) is 8.58. The van der Waals surface area contributed by atoms with Crippen molar-refractivity contribution in [2.24, 2.45) is 5.92 Å². The highest BCUT2D eigenvalue weighted by molar-refractivity contribution is 6.33. The van der Waals surface area contributed by atoms with Gasteiger partial charge >= 0.3 is 0 Å². The van der Waals surface area contributed by atoms with E-state index in [0.29, 0.717) is 36.4 Å². The van der Waals surface area contributed by atoms with Crippen LogP contribution in [0.15, 0.2) is 47.0 Å². The summed E-state index contributed by atoms with van der Waals surface area (Å²) in [5.41, 5.74) is 3.17. The van der Waals surface area contributed by atoms with Crippen LogP contribution in [0.3, 0.4) is 0 Å². The summed E-state index contributed by atoms with van der Waals surface area (Å²) in [6, 6.07) is 13.4. The van der Waals surface area contributed by atoms with Crippen LogP contribution >= 0.6 is 11.6 Å². The van der Waals surface area contributed by atoms with E-state index in [9.17, 15) is 4.79 Å². The van der Waals surface area contributed by atoms with Gasteiger partial charge in [0.25, 0.3) is 0 Å². The lowest BCUT2D eigenvalue weighted by atomic mass is 9.97. The number of likely N-dealkylation sites (tertiary alicyclic amines) is 1. The molecule has 3 aromatic rings. The normalized spacial score (nSPS) is 17.4. The number of aromatic nitrogens is 2. The Balaban J connectivity index is 1.27. The molecule has 1 N–H and O–H groups in total. The molecule has 1 aliphatic rings. The highest BCUT2D eigenvalue weighted by Crippen LogP contribution is 2.26. The van der Waals surface area contributed by atoms with Crippen molar-refractivity contribution in [3.05, 3.63) is 64.5 Å². The van der Waals surface area contributed by atoms with Crippen molar-refractivity contribution in [1.29, 1.82) is 0 Å². The van der Waals surface area contributed by atoms with Crippen molar-refractivity contribution in [1.82, 2.24) is 20.4 Å². The highest BCUT2D eigenvalue weighted by atomic mass is 35.5. The molecule has 7 nitrogen and oxygen atoms in total. The van der Waals surface area contributed by atoms with E-state index < -0.39 is 0 Å². The number of hydrogen-bond acceptors (Lipinski definition) is 6. The summed E-state index contributed by atoms with van der Waals surface area (Å²) >= 11 is 6.24. The summed E-state index contributed by atoms with van der Waals surface area (Å²) in [5, 5.41) is 7.76. The standard InChI is InChI=1S/C26H31ClN4O3/c1-17-10-11-21(13-18(17)2)33-16-19(3)28-26(32)20-7-6-12-31(14-20)15-24-29-25(30-34-24)22-8-4-5-9-23(22)27/h4-5,8-11,13,19-20H,6-7,12,14-16H2,1-3H3,(H,28,32). The fourth-order valence-electron chi connectivity index (χ4n) is 4.10. The number of carbonyl (C=O) groups excluding carboxylic acids is 1. The largest absolute Gasteiger partial charge is 0.491 e. The lowest BCUT2D eigenvalue weighted by Crippen LogP contribution is -2.46. The summed E-state index contributed by atoms with van der Waals surface area (Å²) in [5.74, 6) is 1.80. The van der Waals surface area contributed by atoms with E-state index in [1.54, 1.807) is 6.07 Å². The fraction of sp³-hybridized carbons (Fsp3) is 0.423. The molecule has 0 saturated carbocycles. The molecule has 2 atom stereocenters. The van der Waals surface area contributed by atoms with Crippen molar-refractivity contribution in [2.45, 2.75) is 46.2 Å². The smallest absolute Gasteiger partial charge is 0.241 e. The van der Waals surface area contributed by atoms with Gasteiger partial charge in [0.2, 0.25) is 17.6 Å². The van der Waals surface area contributed by atoms with Gasteiger partial charge in [0.15, 0.2) is 0 Å². The third kappa shape index (κ3) is 6.15. The van der Waals surface area contributed by atoms with Crippen LogP contribution in [0.5, 0.6) is 5.75 Å². The van der Waals surface area contributed by atoms with Crippen molar-refractivity contribution >= 4 is 17.5 Å². The Morgan fingerprint density at radius 1 is 1.26 bits per heavy atom. The minimum atomic E-state index is -0.0846. The molecule has 1 saturated heterocycles. The van der Waals surface area contributed by atoms with Crippen LogP contribution in [0, 0.1) is 19.8 Å². The average molecular weight is 483 g/mol. The zero-order chi connectivity index (χ0) is 24.1. The van der Waals surface area contributed by atoms with E-state index in [-0.39, 0.29) is 17.9 Å². The number of aryl methyl sites for hydroxylation is 2. The highest BCUT2D eigenvalue weighted by Gasteiger charge is 2.28. The van der Waals surface area contributed by atoms with Gasteiger partial charge in [-0.1, -0.05) is 35.0 Å². The van der Waals surface area contributed by atoms with Gasteiger partial charge in [-0.15, -0.1) is 0 Å². The predicted molar refractivity (Wildman–Crippen MR) is 132 cm³/mol. The van der Waals surface area contributed by atoms with Gasteiger partial charge in [0.1, 0.15) is 12.4 Å². The quantitative estimate of drug-likeness (QED) is 0.496. The number of ether oxygens (including phenoxy) is 1. The van der Waals surface area contributed by atoms with Crippen molar-refractivity contribution in [3.63, 3.8) is 0 Å². The van der Waals surface area contributed by atoms with Crippen LogP contribution in [0.1, 0.15) is 36.8 Å². The van der Waals surface area contributed by atoms with Crippen LogP contribution in [-0.4, -0.2) is 46.7 Å². The van der Waals surface area contributed by atoms with Gasteiger partial charge in [-0.3, -0.25) is 9.69 Å². The van der Waals surface area contributed by atoms with Gasteiger partial charge in [-0.25, -0.2) is 0 Å². The molecule has 2 unspecified atom stereocenters. The Labute approximate surface area is 205 Å². The topological polar surface area (TPSA) is 80.5 Å². The zero-order valence-electron chi connectivity index (χ0n) is 19.9.